The van der Waals surface area contributed by atoms with Crippen LogP contribution in [-0.2, 0) is 6.42 Å². The Bertz CT molecular complexity index is 347. The maximum atomic E-state index is 11.2. The number of benzene rings is 1. The van der Waals surface area contributed by atoms with E-state index in [1.807, 2.05) is 6.92 Å². The van der Waals surface area contributed by atoms with E-state index in [1.54, 1.807) is 12.1 Å². The number of nitrogen functional groups attached to an aromatic ring is 1. The predicted molar refractivity (Wildman–Crippen MR) is 55.2 cm³/mol. The highest BCUT2D eigenvalue weighted by Gasteiger charge is 2.10. The number of carbonyl (C=O) groups is 1. The fraction of sp³-hybridized carbons (Fsp3) is 0.300. The molecule has 0 aliphatic heterocycles. The van der Waals surface area contributed by atoms with Crippen LogP contribution >= 0.6 is 11.6 Å². The Kier molecular flexibility index (Phi) is 2.94. The molecule has 0 saturated carbocycles. The number of anilines is 1. The molecule has 0 aromatic heterocycles. The van der Waals surface area contributed by atoms with Gasteiger partial charge < -0.3 is 5.73 Å². The lowest BCUT2D eigenvalue weighted by Crippen LogP contribution is -2.04. The first-order valence-corrected chi connectivity index (χ1v) is 4.53. The third-order valence-electron chi connectivity index (χ3n) is 1.95. The van der Waals surface area contributed by atoms with Crippen molar-refractivity contribution in [1.82, 2.24) is 0 Å². The normalized spacial score (nSPS) is 10.1. The molecule has 3 heteroatoms. The minimum atomic E-state index is -0.00832. The van der Waals surface area contributed by atoms with Crippen LogP contribution in [0.1, 0.15) is 29.8 Å². The van der Waals surface area contributed by atoms with Gasteiger partial charge in [0.1, 0.15) is 0 Å². The zero-order valence-corrected chi connectivity index (χ0v) is 8.48. The Labute approximate surface area is 82.7 Å². The molecule has 0 bridgehead atoms. The topological polar surface area (TPSA) is 43.1 Å². The molecule has 2 nitrogen and oxygen atoms in total. The summed E-state index contributed by atoms with van der Waals surface area (Å²) in [6.07, 6.45) is 0.764. The van der Waals surface area contributed by atoms with Crippen molar-refractivity contribution in [3.63, 3.8) is 0 Å². The Morgan fingerprint density at radius 1 is 1.54 bits per heavy atom. The highest BCUT2D eigenvalue weighted by atomic mass is 35.5. The van der Waals surface area contributed by atoms with Gasteiger partial charge in [-0.05, 0) is 31.0 Å². The predicted octanol–water partition coefficient (Wildman–Crippen LogP) is 2.69. The monoisotopic (exact) mass is 197 g/mol. The first-order valence-electron chi connectivity index (χ1n) is 4.15. The van der Waals surface area contributed by atoms with Gasteiger partial charge in [0.15, 0.2) is 5.78 Å². The fourth-order valence-electron chi connectivity index (χ4n) is 1.39. The minimum Gasteiger partial charge on any atom is -0.398 e. The summed E-state index contributed by atoms with van der Waals surface area (Å²) in [5.74, 6) is -0.00832. The second kappa shape index (κ2) is 3.79. The second-order valence-electron chi connectivity index (χ2n) is 2.94. The van der Waals surface area contributed by atoms with E-state index in [4.69, 9.17) is 17.3 Å². The standard InChI is InChI=1S/C10H12ClNO/c1-3-7-4-8(11)5-9(12)10(7)6(2)13/h4-5H,3,12H2,1-2H3. The van der Waals surface area contributed by atoms with Crippen LogP contribution in [0.25, 0.3) is 0 Å². The molecule has 0 spiro atoms. The van der Waals surface area contributed by atoms with Gasteiger partial charge in [0.25, 0.3) is 0 Å². The van der Waals surface area contributed by atoms with Crippen LogP contribution in [0, 0.1) is 0 Å². The number of ketones is 1. The number of hydrogen-bond acceptors (Lipinski definition) is 2. The first kappa shape index (κ1) is 10.1. The summed E-state index contributed by atoms with van der Waals surface area (Å²) in [5, 5.41) is 0.583. The molecular formula is C10H12ClNO. The molecule has 0 fully saturated rings. The van der Waals surface area contributed by atoms with Crippen molar-refractivity contribution in [2.24, 2.45) is 0 Å². The lowest BCUT2D eigenvalue weighted by atomic mass is 10.0. The lowest BCUT2D eigenvalue weighted by Gasteiger charge is -2.08. The van der Waals surface area contributed by atoms with E-state index in [2.05, 4.69) is 0 Å². The summed E-state index contributed by atoms with van der Waals surface area (Å²) in [6, 6.07) is 3.39. The summed E-state index contributed by atoms with van der Waals surface area (Å²) >= 11 is 5.81. The number of carbonyl (C=O) groups excluding carboxylic acids is 1. The molecule has 0 unspecified atom stereocenters. The maximum absolute atomic E-state index is 11.2. The van der Waals surface area contributed by atoms with Crippen molar-refractivity contribution >= 4 is 23.1 Å². The summed E-state index contributed by atoms with van der Waals surface area (Å²) in [4.78, 5) is 11.2. The number of aryl methyl sites for hydroxylation is 1. The Morgan fingerprint density at radius 3 is 2.62 bits per heavy atom. The smallest absolute Gasteiger partial charge is 0.162 e. The van der Waals surface area contributed by atoms with E-state index in [-0.39, 0.29) is 5.78 Å². The van der Waals surface area contributed by atoms with Gasteiger partial charge >= 0.3 is 0 Å². The van der Waals surface area contributed by atoms with Crippen molar-refractivity contribution in [3.05, 3.63) is 28.3 Å². The molecule has 0 heterocycles. The molecule has 0 saturated heterocycles. The van der Waals surface area contributed by atoms with E-state index in [9.17, 15) is 4.79 Å². The molecular weight excluding hydrogens is 186 g/mol. The van der Waals surface area contributed by atoms with Gasteiger partial charge in [-0.2, -0.15) is 0 Å². The molecule has 0 aliphatic carbocycles. The van der Waals surface area contributed by atoms with Gasteiger partial charge in [-0.15, -0.1) is 0 Å². The molecule has 2 N–H and O–H groups in total. The average Bonchev–Trinajstić information content (AvgIpc) is 2.01. The van der Waals surface area contributed by atoms with Crippen molar-refractivity contribution in [3.8, 4) is 0 Å². The van der Waals surface area contributed by atoms with E-state index in [0.717, 1.165) is 12.0 Å². The summed E-state index contributed by atoms with van der Waals surface area (Å²) in [5.41, 5.74) is 7.68. The molecule has 0 radical (unpaired) electrons. The molecule has 1 aromatic carbocycles. The summed E-state index contributed by atoms with van der Waals surface area (Å²) in [7, 11) is 0. The van der Waals surface area contributed by atoms with Crippen LogP contribution in [0.4, 0.5) is 5.69 Å². The Balaban J connectivity index is 3.38. The van der Waals surface area contributed by atoms with E-state index in [1.165, 1.54) is 6.92 Å². The van der Waals surface area contributed by atoms with Crippen LogP contribution in [-0.4, -0.2) is 5.78 Å². The number of nitrogens with two attached hydrogens (primary N) is 1. The first-order chi connectivity index (χ1) is 6.06. The highest BCUT2D eigenvalue weighted by molar-refractivity contribution is 6.31. The molecule has 0 aliphatic rings. The largest absolute Gasteiger partial charge is 0.398 e. The molecule has 13 heavy (non-hydrogen) atoms. The van der Waals surface area contributed by atoms with Crippen LogP contribution in [0.5, 0.6) is 0 Å². The maximum Gasteiger partial charge on any atom is 0.162 e. The number of hydrogen-bond donors (Lipinski definition) is 1. The van der Waals surface area contributed by atoms with Gasteiger partial charge in [-0.3, -0.25) is 4.79 Å². The number of Topliss-reactive ketones (excluding diaryl/α,β-unsaturated/α-hetero) is 1. The molecule has 0 atom stereocenters. The molecule has 0 amide bonds. The van der Waals surface area contributed by atoms with Crippen LogP contribution in [0.2, 0.25) is 5.02 Å². The quantitative estimate of drug-likeness (QED) is 0.585. The van der Waals surface area contributed by atoms with Crippen molar-refractivity contribution in [1.29, 1.82) is 0 Å². The summed E-state index contributed by atoms with van der Waals surface area (Å²) < 4.78 is 0. The average molecular weight is 198 g/mol. The van der Waals surface area contributed by atoms with E-state index in [0.29, 0.717) is 16.3 Å². The van der Waals surface area contributed by atoms with Crippen LogP contribution in [0.3, 0.4) is 0 Å². The van der Waals surface area contributed by atoms with E-state index < -0.39 is 0 Å². The fourth-order valence-corrected chi connectivity index (χ4v) is 1.64. The summed E-state index contributed by atoms with van der Waals surface area (Å²) in [6.45, 7) is 3.48. The lowest BCUT2D eigenvalue weighted by molar-refractivity contribution is 0.101. The number of rotatable bonds is 2. The SMILES string of the molecule is CCc1cc(Cl)cc(N)c1C(C)=O. The number of halogens is 1. The van der Waals surface area contributed by atoms with Gasteiger partial charge in [0.2, 0.25) is 0 Å². The van der Waals surface area contributed by atoms with Crippen LogP contribution in [0.15, 0.2) is 12.1 Å². The van der Waals surface area contributed by atoms with Crippen LogP contribution < -0.4 is 5.73 Å². The van der Waals surface area contributed by atoms with Crippen molar-refractivity contribution in [2.45, 2.75) is 20.3 Å². The third-order valence-corrected chi connectivity index (χ3v) is 2.17. The Hall–Kier alpha value is -1.02. The second-order valence-corrected chi connectivity index (χ2v) is 3.38. The zero-order chi connectivity index (χ0) is 10.0. The van der Waals surface area contributed by atoms with Gasteiger partial charge in [0, 0.05) is 16.3 Å². The Morgan fingerprint density at radius 2 is 2.15 bits per heavy atom. The van der Waals surface area contributed by atoms with Gasteiger partial charge in [-0.1, -0.05) is 18.5 Å². The van der Waals surface area contributed by atoms with Gasteiger partial charge in [-0.25, -0.2) is 0 Å². The minimum absolute atomic E-state index is 0.00832. The zero-order valence-electron chi connectivity index (χ0n) is 7.73. The molecule has 1 aromatic rings. The van der Waals surface area contributed by atoms with Crippen molar-refractivity contribution < 1.29 is 4.79 Å². The highest BCUT2D eigenvalue weighted by Crippen LogP contribution is 2.23. The third kappa shape index (κ3) is 2.01. The molecule has 70 valence electrons. The van der Waals surface area contributed by atoms with E-state index >= 15 is 0 Å². The molecule has 1 rings (SSSR count). The van der Waals surface area contributed by atoms with Gasteiger partial charge in [0.05, 0.1) is 0 Å². The van der Waals surface area contributed by atoms with Crippen molar-refractivity contribution in [2.75, 3.05) is 5.73 Å².